The Labute approximate surface area is 137 Å². The van der Waals surface area contributed by atoms with Gasteiger partial charge < -0.3 is 4.90 Å². The number of hydrogen-bond donors (Lipinski definition) is 0. The van der Waals surface area contributed by atoms with Crippen LogP contribution in [-0.2, 0) is 31.9 Å². The molecule has 6 heteroatoms. The largest absolute Gasteiger partial charge is 0.335 e. The lowest BCUT2D eigenvalue weighted by molar-refractivity contribution is -0.132. The maximum Gasteiger partial charge on any atom is 0.223 e. The Hall–Kier alpha value is -2.11. The lowest BCUT2D eigenvalue weighted by Gasteiger charge is -2.23. The molecule has 0 radical (unpaired) electrons. The number of amides is 1. The summed E-state index contributed by atoms with van der Waals surface area (Å²) in [6.07, 6.45) is 5.30. The molecule has 124 valence electrons. The highest BCUT2D eigenvalue weighted by Gasteiger charge is 2.33. The van der Waals surface area contributed by atoms with E-state index in [0.717, 1.165) is 36.3 Å². The molecule has 1 amide bonds. The predicted molar refractivity (Wildman–Crippen MR) is 87.8 cm³/mol. The Bertz CT molecular complexity index is 711. The van der Waals surface area contributed by atoms with Crippen LogP contribution < -0.4 is 0 Å². The van der Waals surface area contributed by atoms with Crippen molar-refractivity contribution in [2.24, 2.45) is 14.1 Å². The minimum absolute atomic E-state index is 0.233. The van der Waals surface area contributed by atoms with Crippen molar-refractivity contribution in [3.05, 3.63) is 34.9 Å². The Morgan fingerprint density at radius 3 is 2.57 bits per heavy atom. The summed E-state index contributed by atoms with van der Waals surface area (Å²) >= 11 is 0. The second-order valence-electron chi connectivity index (χ2n) is 6.47. The van der Waals surface area contributed by atoms with Gasteiger partial charge in [-0.3, -0.25) is 14.2 Å². The van der Waals surface area contributed by atoms with Gasteiger partial charge in [-0.15, -0.1) is 0 Å². The maximum atomic E-state index is 12.7. The Morgan fingerprint density at radius 1 is 1.30 bits per heavy atom. The molecule has 2 aromatic heterocycles. The third-order valence-corrected chi connectivity index (χ3v) is 4.81. The third-order valence-electron chi connectivity index (χ3n) is 4.81. The average Bonchev–Trinajstić information content (AvgIpc) is 3.22. The van der Waals surface area contributed by atoms with E-state index in [1.54, 1.807) is 6.20 Å². The first-order valence-electron chi connectivity index (χ1n) is 8.22. The topological polar surface area (TPSA) is 56.0 Å². The highest BCUT2D eigenvalue weighted by Crippen LogP contribution is 2.30. The van der Waals surface area contributed by atoms with E-state index >= 15 is 0 Å². The zero-order valence-corrected chi connectivity index (χ0v) is 14.4. The number of aromatic nitrogens is 4. The van der Waals surface area contributed by atoms with Gasteiger partial charge in [-0.25, -0.2) is 0 Å². The van der Waals surface area contributed by atoms with Crippen molar-refractivity contribution in [1.82, 2.24) is 24.5 Å². The number of nitrogens with zero attached hydrogens (tertiary/aromatic N) is 5. The molecule has 0 spiro atoms. The van der Waals surface area contributed by atoms with Crippen molar-refractivity contribution in [2.45, 2.75) is 52.1 Å². The lowest BCUT2D eigenvalue weighted by Crippen LogP contribution is -2.33. The van der Waals surface area contributed by atoms with Crippen LogP contribution in [0.4, 0.5) is 0 Å². The second kappa shape index (κ2) is 6.18. The molecule has 0 unspecified atom stereocenters. The van der Waals surface area contributed by atoms with E-state index in [2.05, 4.69) is 17.1 Å². The molecule has 23 heavy (non-hydrogen) atoms. The van der Waals surface area contributed by atoms with Gasteiger partial charge in [-0.2, -0.15) is 10.2 Å². The SMILES string of the molecule is Cc1nn(C)c(C)c1CN(C(=O)CCc1ccnn1C)C1CC1. The summed E-state index contributed by atoms with van der Waals surface area (Å²) in [5.41, 5.74) is 4.46. The highest BCUT2D eigenvalue weighted by atomic mass is 16.2. The van der Waals surface area contributed by atoms with Gasteiger partial charge in [0.2, 0.25) is 5.91 Å². The summed E-state index contributed by atoms with van der Waals surface area (Å²) in [6, 6.07) is 2.39. The fourth-order valence-electron chi connectivity index (χ4n) is 3.05. The molecule has 1 aliphatic carbocycles. The Morgan fingerprint density at radius 2 is 2.04 bits per heavy atom. The van der Waals surface area contributed by atoms with Crippen molar-refractivity contribution in [3.63, 3.8) is 0 Å². The minimum atomic E-state index is 0.233. The van der Waals surface area contributed by atoms with Crippen LogP contribution in [0.2, 0.25) is 0 Å². The van der Waals surface area contributed by atoms with Gasteiger partial charge in [0.25, 0.3) is 0 Å². The van der Waals surface area contributed by atoms with Crippen molar-refractivity contribution in [2.75, 3.05) is 0 Å². The molecule has 0 aliphatic heterocycles. The van der Waals surface area contributed by atoms with Crippen molar-refractivity contribution >= 4 is 5.91 Å². The minimum Gasteiger partial charge on any atom is -0.335 e. The van der Waals surface area contributed by atoms with E-state index in [0.29, 0.717) is 19.0 Å². The van der Waals surface area contributed by atoms with E-state index in [1.807, 2.05) is 41.3 Å². The monoisotopic (exact) mass is 315 g/mol. The normalized spacial score (nSPS) is 14.3. The molecule has 1 fully saturated rings. The van der Waals surface area contributed by atoms with Crippen LogP contribution in [0.3, 0.4) is 0 Å². The Kier molecular flexibility index (Phi) is 4.24. The molecule has 0 atom stereocenters. The molecule has 2 aromatic rings. The van der Waals surface area contributed by atoms with Crippen LogP contribution in [0.1, 0.15) is 41.9 Å². The molecular formula is C17H25N5O. The molecule has 2 heterocycles. The first-order chi connectivity index (χ1) is 11.0. The number of carbonyl (C=O) groups excluding carboxylic acids is 1. The molecule has 1 aliphatic rings. The molecule has 1 saturated carbocycles. The number of hydrogen-bond acceptors (Lipinski definition) is 3. The zero-order valence-electron chi connectivity index (χ0n) is 14.4. The summed E-state index contributed by atoms with van der Waals surface area (Å²) in [6.45, 7) is 4.77. The van der Waals surface area contributed by atoms with Crippen LogP contribution in [0.5, 0.6) is 0 Å². The van der Waals surface area contributed by atoms with E-state index in [1.165, 1.54) is 5.56 Å². The van der Waals surface area contributed by atoms with Gasteiger partial charge in [0.15, 0.2) is 0 Å². The van der Waals surface area contributed by atoms with E-state index in [4.69, 9.17) is 0 Å². The van der Waals surface area contributed by atoms with Crippen LogP contribution in [0.15, 0.2) is 12.3 Å². The molecule has 0 saturated heterocycles. The van der Waals surface area contributed by atoms with Gasteiger partial charge in [-0.1, -0.05) is 0 Å². The predicted octanol–water partition coefficient (Wildman–Crippen LogP) is 1.89. The lowest BCUT2D eigenvalue weighted by atomic mass is 10.1. The zero-order chi connectivity index (χ0) is 16.6. The van der Waals surface area contributed by atoms with E-state index < -0.39 is 0 Å². The summed E-state index contributed by atoms with van der Waals surface area (Å²) in [7, 11) is 3.87. The van der Waals surface area contributed by atoms with Gasteiger partial charge >= 0.3 is 0 Å². The van der Waals surface area contributed by atoms with Crippen LogP contribution in [-0.4, -0.2) is 36.4 Å². The quantitative estimate of drug-likeness (QED) is 0.818. The fourth-order valence-corrected chi connectivity index (χ4v) is 3.05. The van der Waals surface area contributed by atoms with Crippen molar-refractivity contribution in [1.29, 1.82) is 0 Å². The summed E-state index contributed by atoms with van der Waals surface area (Å²) in [4.78, 5) is 14.8. The number of carbonyl (C=O) groups is 1. The number of rotatable bonds is 6. The van der Waals surface area contributed by atoms with Crippen LogP contribution in [0, 0.1) is 13.8 Å². The summed E-state index contributed by atoms with van der Waals surface area (Å²) in [5.74, 6) is 0.233. The van der Waals surface area contributed by atoms with Gasteiger partial charge in [0.05, 0.1) is 5.69 Å². The molecule has 3 rings (SSSR count). The van der Waals surface area contributed by atoms with Crippen LogP contribution >= 0.6 is 0 Å². The highest BCUT2D eigenvalue weighted by molar-refractivity contribution is 5.77. The third kappa shape index (κ3) is 3.30. The van der Waals surface area contributed by atoms with E-state index in [9.17, 15) is 4.79 Å². The average molecular weight is 315 g/mol. The fraction of sp³-hybridized carbons (Fsp3) is 0.588. The summed E-state index contributed by atoms with van der Waals surface area (Å²) < 4.78 is 3.74. The number of aryl methyl sites for hydroxylation is 4. The van der Waals surface area contributed by atoms with E-state index in [-0.39, 0.29) is 5.91 Å². The second-order valence-corrected chi connectivity index (χ2v) is 6.47. The molecule has 0 aromatic carbocycles. The first kappa shape index (κ1) is 15.8. The smallest absolute Gasteiger partial charge is 0.223 e. The van der Waals surface area contributed by atoms with Gasteiger partial charge in [-0.05, 0) is 39.2 Å². The van der Waals surface area contributed by atoms with Crippen LogP contribution in [0.25, 0.3) is 0 Å². The molecular weight excluding hydrogens is 290 g/mol. The maximum absolute atomic E-state index is 12.7. The standard InChI is InChI=1S/C17H25N5O/c1-12-16(13(2)20(3)19-12)11-22(15-5-6-15)17(23)8-7-14-9-10-18-21(14)4/h9-10,15H,5-8,11H2,1-4H3. The van der Waals surface area contributed by atoms with Gasteiger partial charge in [0, 0.05) is 56.3 Å². The summed E-state index contributed by atoms with van der Waals surface area (Å²) in [5, 5.41) is 8.63. The van der Waals surface area contributed by atoms with Gasteiger partial charge in [0.1, 0.15) is 0 Å². The molecule has 6 nitrogen and oxygen atoms in total. The van der Waals surface area contributed by atoms with Crippen molar-refractivity contribution in [3.8, 4) is 0 Å². The Balaban J connectivity index is 1.69. The first-order valence-corrected chi connectivity index (χ1v) is 8.22. The van der Waals surface area contributed by atoms with Crippen molar-refractivity contribution < 1.29 is 4.79 Å². The molecule has 0 bridgehead atoms. The molecule has 0 N–H and O–H groups in total.